The number of nitrogens with one attached hydrogen (secondary N) is 1. The summed E-state index contributed by atoms with van der Waals surface area (Å²) in [4.78, 5) is 4.95. The van der Waals surface area contributed by atoms with Crippen LogP contribution in [0.5, 0.6) is 0 Å². The van der Waals surface area contributed by atoms with Gasteiger partial charge in [-0.3, -0.25) is 4.84 Å². The Morgan fingerprint density at radius 1 is 1.50 bits per heavy atom. The predicted molar refractivity (Wildman–Crippen MR) is 40.6 cm³/mol. The van der Waals surface area contributed by atoms with E-state index in [0.29, 0.717) is 19.8 Å². The van der Waals surface area contributed by atoms with Crippen LogP contribution >= 0.6 is 0 Å². The second-order valence-corrected chi connectivity index (χ2v) is 2.12. The molecule has 0 saturated carbocycles. The van der Waals surface area contributed by atoms with E-state index in [2.05, 4.69) is 12.1 Å². The molecule has 0 aromatic heterocycles. The summed E-state index contributed by atoms with van der Waals surface area (Å²) in [5.74, 6) is 0. The minimum Gasteiger partial charge on any atom is -0.382 e. The van der Waals surface area contributed by atoms with E-state index in [1.807, 2.05) is 6.92 Å². The van der Waals surface area contributed by atoms with Crippen molar-refractivity contribution >= 4 is 0 Å². The summed E-state index contributed by atoms with van der Waals surface area (Å²) in [6.45, 7) is 7.52. The van der Waals surface area contributed by atoms with Gasteiger partial charge in [-0.25, -0.2) is 0 Å². The lowest BCUT2D eigenvalue weighted by molar-refractivity contribution is 0.0112. The minimum atomic E-state index is 0.573. The normalized spacial score (nSPS) is 9.80. The molecule has 0 fully saturated rings. The van der Waals surface area contributed by atoms with Gasteiger partial charge in [0.1, 0.15) is 0 Å². The molecule has 0 aromatic carbocycles. The van der Waals surface area contributed by atoms with E-state index >= 15 is 0 Å². The zero-order valence-electron chi connectivity index (χ0n) is 6.64. The maximum Gasteiger partial charge on any atom is 0.0916 e. The summed E-state index contributed by atoms with van der Waals surface area (Å²) in [7, 11) is 1.64. The van der Waals surface area contributed by atoms with E-state index in [9.17, 15) is 0 Å². The van der Waals surface area contributed by atoms with Crippen LogP contribution in [0.15, 0.2) is 12.2 Å². The molecule has 0 aliphatic heterocycles. The Kier molecular flexibility index (Phi) is 6.48. The summed E-state index contributed by atoms with van der Waals surface area (Å²) in [5, 5.41) is 0. The maximum atomic E-state index is 4.95. The third-order valence-electron chi connectivity index (χ3n) is 0.866. The molecule has 0 spiro atoms. The number of hydroxylamine groups is 1. The average Bonchev–Trinajstić information content (AvgIpc) is 1.87. The van der Waals surface area contributed by atoms with Crippen LogP contribution in [0.3, 0.4) is 0 Å². The molecule has 0 bridgehead atoms. The van der Waals surface area contributed by atoms with Crippen molar-refractivity contribution in [3.05, 3.63) is 12.2 Å². The van der Waals surface area contributed by atoms with Crippen molar-refractivity contribution in [2.75, 3.05) is 26.9 Å². The highest BCUT2D eigenvalue weighted by atomic mass is 16.7. The van der Waals surface area contributed by atoms with Gasteiger partial charge in [-0.15, -0.1) is 0 Å². The summed E-state index contributed by atoms with van der Waals surface area (Å²) < 4.78 is 4.76. The lowest BCUT2D eigenvalue weighted by Crippen LogP contribution is -2.19. The van der Waals surface area contributed by atoms with Crippen LogP contribution < -0.4 is 5.48 Å². The van der Waals surface area contributed by atoms with E-state index in [1.54, 1.807) is 7.11 Å². The molecular formula is C7H15NO2. The molecule has 0 saturated heterocycles. The topological polar surface area (TPSA) is 30.5 Å². The fraction of sp³-hybridized carbons (Fsp3) is 0.714. The van der Waals surface area contributed by atoms with Crippen LogP contribution in [-0.2, 0) is 9.57 Å². The Bertz CT molecular complexity index is 93.6. The average molecular weight is 145 g/mol. The van der Waals surface area contributed by atoms with Crippen molar-refractivity contribution in [3.8, 4) is 0 Å². The van der Waals surface area contributed by atoms with E-state index in [1.165, 1.54) is 0 Å². The van der Waals surface area contributed by atoms with Crippen molar-refractivity contribution in [2.45, 2.75) is 6.92 Å². The summed E-state index contributed by atoms with van der Waals surface area (Å²) in [6.07, 6.45) is 0. The molecule has 0 aromatic rings. The van der Waals surface area contributed by atoms with Crippen LogP contribution in [-0.4, -0.2) is 26.9 Å². The summed E-state index contributed by atoms with van der Waals surface area (Å²) in [6, 6.07) is 0. The third kappa shape index (κ3) is 7.62. The van der Waals surface area contributed by atoms with Gasteiger partial charge in [0.2, 0.25) is 0 Å². The van der Waals surface area contributed by atoms with Gasteiger partial charge in [0.05, 0.1) is 13.2 Å². The Labute approximate surface area is 62.0 Å². The van der Waals surface area contributed by atoms with E-state index < -0.39 is 0 Å². The first-order valence-electron chi connectivity index (χ1n) is 3.25. The smallest absolute Gasteiger partial charge is 0.0916 e. The fourth-order valence-corrected chi connectivity index (χ4v) is 0.371. The van der Waals surface area contributed by atoms with Gasteiger partial charge in [-0.1, -0.05) is 12.2 Å². The monoisotopic (exact) mass is 145 g/mol. The van der Waals surface area contributed by atoms with E-state index in [0.717, 1.165) is 5.57 Å². The fourth-order valence-electron chi connectivity index (χ4n) is 0.371. The van der Waals surface area contributed by atoms with Gasteiger partial charge < -0.3 is 4.74 Å². The SMILES string of the molecule is C=C(C)CNOCCOC. The molecular weight excluding hydrogens is 130 g/mol. The molecule has 10 heavy (non-hydrogen) atoms. The number of methoxy groups -OCH3 is 1. The highest BCUT2D eigenvalue weighted by Gasteiger charge is 1.85. The quantitative estimate of drug-likeness (QED) is 0.339. The highest BCUT2D eigenvalue weighted by molar-refractivity contribution is 4.88. The molecule has 0 amide bonds. The zero-order chi connectivity index (χ0) is 7.82. The molecule has 0 rings (SSSR count). The molecule has 0 radical (unpaired) electrons. The highest BCUT2D eigenvalue weighted by Crippen LogP contribution is 1.80. The van der Waals surface area contributed by atoms with Gasteiger partial charge in [-0.2, -0.15) is 5.48 Å². The number of rotatable bonds is 6. The van der Waals surface area contributed by atoms with Crippen LogP contribution in [0.4, 0.5) is 0 Å². The van der Waals surface area contributed by atoms with Crippen molar-refractivity contribution in [2.24, 2.45) is 0 Å². The molecule has 1 N–H and O–H groups in total. The largest absolute Gasteiger partial charge is 0.382 e. The Morgan fingerprint density at radius 3 is 2.70 bits per heavy atom. The first-order valence-corrected chi connectivity index (χ1v) is 3.25. The second kappa shape index (κ2) is 6.74. The van der Waals surface area contributed by atoms with E-state index in [-0.39, 0.29) is 0 Å². The molecule has 0 heterocycles. The standard InChI is InChI=1S/C7H15NO2/c1-7(2)6-8-10-5-4-9-3/h8H,1,4-6H2,2-3H3. The molecule has 60 valence electrons. The zero-order valence-corrected chi connectivity index (χ0v) is 6.64. The van der Waals surface area contributed by atoms with E-state index in [4.69, 9.17) is 9.57 Å². The number of ether oxygens (including phenoxy) is 1. The number of hydrogen-bond acceptors (Lipinski definition) is 3. The third-order valence-corrected chi connectivity index (χ3v) is 0.866. The van der Waals surface area contributed by atoms with Gasteiger partial charge >= 0.3 is 0 Å². The van der Waals surface area contributed by atoms with Crippen molar-refractivity contribution in [3.63, 3.8) is 0 Å². The van der Waals surface area contributed by atoms with Gasteiger partial charge in [0.25, 0.3) is 0 Å². The van der Waals surface area contributed by atoms with Crippen molar-refractivity contribution in [1.29, 1.82) is 0 Å². The van der Waals surface area contributed by atoms with Crippen molar-refractivity contribution in [1.82, 2.24) is 5.48 Å². The number of hydrogen-bond donors (Lipinski definition) is 1. The molecule has 0 atom stereocenters. The molecule has 3 heteroatoms. The van der Waals surface area contributed by atoms with Crippen LogP contribution in [0.25, 0.3) is 0 Å². The Morgan fingerprint density at radius 2 is 2.20 bits per heavy atom. The molecule has 3 nitrogen and oxygen atoms in total. The predicted octanol–water partition coefficient (Wildman–Crippen LogP) is 0.730. The van der Waals surface area contributed by atoms with Crippen LogP contribution in [0.2, 0.25) is 0 Å². The van der Waals surface area contributed by atoms with Gasteiger partial charge in [0.15, 0.2) is 0 Å². The molecule has 0 aliphatic carbocycles. The Hall–Kier alpha value is -0.380. The van der Waals surface area contributed by atoms with Crippen LogP contribution in [0, 0.1) is 0 Å². The van der Waals surface area contributed by atoms with Crippen LogP contribution in [0.1, 0.15) is 6.92 Å². The summed E-state index contributed by atoms with van der Waals surface area (Å²) in [5.41, 5.74) is 3.79. The molecule has 0 unspecified atom stereocenters. The summed E-state index contributed by atoms with van der Waals surface area (Å²) >= 11 is 0. The Balaban J connectivity index is 2.84. The maximum absolute atomic E-state index is 4.95. The first-order chi connectivity index (χ1) is 4.77. The lowest BCUT2D eigenvalue weighted by Gasteiger charge is -2.03. The lowest BCUT2D eigenvalue weighted by atomic mass is 10.4. The van der Waals surface area contributed by atoms with Gasteiger partial charge in [0, 0.05) is 13.7 Å². The molecule has 0 aliphatic rings. The minimum absolute atomic E-state index is 0.573. The first kappa shape index (κ1) is 9.62. The second-order valence-electron chi connectivity index (χ2n) is 2.12. The van der Waals surface area contributed by atoms with Gasteiger partial charge in [-0.05, 0) is 6.92 Å². The van der Waals surface area contributed by atoms with Crippen molar-refractivity contribution < 1.29 is 9.57 Å².